The molecule has 0 aliphatic carbocycles. The van der Waals surface area contributed by atoms with E-state index in [1.165, 1.54) is 23.5 Å². The van der Waals surface area contributed by atoms with Gasteiger partial charge in [-0.15, -0.1) is 11.3 Å². The lowest BCUT2D eigenvalue weighted by Crippen LogP contribution is -2.25. The van der Waals surface area contributed by atoms with Crippen LogP contribution >= 0.6 is 11.3 Å². The molecule has 158 valence electrons. The highest BCUT2D eigenvalue weighted by atomic mass is 32.1. The third-order valence-corrected chi connectivity index (χ3v) is 5.50. The minimum absolute atomic E-state index is 0.0686. The molecule has 0 saturated heterocycles. The summed E-state index contributed by atoms with van der Waals surface area (Å²) in [5.41, 5.74) is 2.93. The minimum Gasteiger partial charge on any atom is -0.496 e. The van der Waals surface area contributed by atoms with Crippen molar-refractivity contribution in [2.24, 2.45) is 0 Å². The van der Waals surface area contributed by atoms with Gasteiger partial charge in [0.05, 0.1) is 37.0 Å². The van der Waals surface area contributed by atoms with Gasteiger partial charge in [-0.3, -0.25) is 9.78 Å². The molecular formula is C21H20F3N3O2S. The van der Waals surface area contributed by atoms with Crippen LogP contribution in [0.4, 0.5) is 13.2 Å². The number of alkyl halides is 3. The number of methoxy groups -OCH3 is 1. The second-order valence-corrected chi connectivity index (χ2v) is 7.58. The number of rotatable bonds is 6. The van der Waals surface area contributed by atoms with E-state index in [2.05, 4.69) is 15.3 Å². The number of pyridine rings is 1. The second-order valence-electron chi connectivity index (χ2n) is 6.72. The molecule has 5 nitrogen and oxygen atoms in total. The third kappa shape index (κ3) is 4.96. The first-order valence-electron chi connectivity index (χ1n) is 9.07. The number of hydrogen-bond acceptors (Lipinski definition) is 5. The quantitative estimate of drug-likeness (QED) is 0.609. The molecular weight excluding hydrogens is 415 g/mol. The number of nitrogens with zero attached hydrogens (tertiary/aromatic N) is 2. The Morgan fingerprint density at radius 3 is 2.53 bits per heavy atom. The number of nitrogens with one attached hydrogen (secondary N) is 1. The Labute approximate surface area is 176 Å². The Morgan fingerprint density at radius 1 is 1.20 bits per heavy atom. The Hall–Kier alpha value is -2.94. The Morgan fingerprint density at radius 2 is 1.90 bits per heavy atom. The van der Waals surface area contributed by atoms with E-state index in [1.54, 1.807) is 18.7 Å². The fourth-order valence-corrected chi connectivity index (χ4v) is 3.81. The van der Waals surface area contributed by atoms with Crippen molar-refractivity contribution in [2.75, 3.05) is 7.11 Å². The van der Waals surface area contributed by atoms with Crippen molar-refractivity contribution in [1.29, 1.82) is 0 Å². The smallest absolute Gasteiger partial charge is 0.416 e. The summed E-state index contributed by atoms with van der Waals surface area (Å²) >= 11 is 1.28. The number of carbonyl (C=O) groups is 1. The molecule has 0 atom stereocenters. The normalized spacial score (nSPS) is 11.4. The van der Waals surface area contributed by atoms with E-state index in [0.717, 1.165) is 34.7 Å². The monoisotopic (exact) mass is 435 g/mol. The number of aryl methyl sites for hydroxylation is 1. The van der Waals surface area contributed by atoms with Crippen molar-refractivity contribution in [2.45, 2.75) is 33.0 Å². The van der Waals surface area contributed by atoms with Crippen LogP contribution in [0.1, 0.15) is 28.1 Å². The maximum Gasteiger partial charge on any atom is 0.416 e. The van der Waals surface area contributed by atoms with Gasteiger partial charge in [0.25, 0.3) is 0 Å². The van der Waals surface area contributed by atoms with Crippen LogP contribution in [0.3, 0.4) is 0 Å². The van der Waals surface area contributed by atoms with Crippen molar-refractivity contribution in [3.05, 3.63) is 63.9 Å². The first kappa shape index (κ1) is 21.8. The summed E-state index contributed by atoms with van der Waals surface area (Å²) in [7, 11) is 1.59. The maximum absolute atomic E-state index is 12.7. The Bertz CT molecular complexity index is 1050. The summed E-state index contributed by atoms with van der Waals surface area (Å²) in [4.78, 5) is 21.0. The zero-order valence-electron chi connectivity index (χ0n) is 16.6. The molecule has 0 aliphatic heterocycles. The van der Waals surface area contributed by atoms with Gasteiger partial charge >= 0.3 is 6.18 Å². The molecule has 0 radical (unpaired) electrons. The van der Waals surface area contributed by atoms with Crippen LogP contribution in [0.2, 0.25) is 0 Å². The molecule has 0 unspecified atom stereocenters. The molecule has 0 spiro atoms. The number of thiazole rings is 1. The van der Waals surface area contributed by atoms with E-state index in [0.29, 0.717) is 16.3 Å². The van der Waals surface area contributed by atoms with Gasteiger partial charge in [-0.2, -0.15) is 13.2 Å². The van der Waals surface area contributed by atoms with Gasteiger partial charge in [0.2, 0.25) is 5.91 Å². The van der Waals surface area contributed by atoms with E-state index >= 15 is 0 Å². The highest BCUT2D eigenvalue weighted by Crippen LogP contribution is 2.31. The fraction of sp³-hybridized carbons (Fsp3) is 0.286. The first-order chi connectivity index (χ1) is 14.2. The van der Waals surface area contributed by atoms with Crippen molar-refractivity contribution in [3.8, 4) is 16.3 Å². The van der Waals surface area contributed by atoms with Crippen molar-refractivity contribution >= 4 is 17.2 Å². The number of amides is 1. The molecule has 9 heteroatoms. The summed E-state index contributed by atoms with van der Waals surface area (Å²) in [5.74, 6) is 0.523. The van der Waals surface area contributed by atoms with Crippen LogP contribution in [0.15, 0.2) is 35.8 Å². The summed E-state index contributed by atoms with van der Waals surface area (Å²) in [6, 6.07) is 4.80. The van der Waals surface area contributed by atoms with Crippen LogP contribution in [0, 0.1) is 13.8 Å². The van der Waals surface area contributed by atoms with Crippen molar-refractivity contribution in [3.63, 3.8) is 0 Å². The molecule has 0 bridgehead atoms. The molecule has 0 fully saturated rings. The Balaban J connectivity index is 1.62. The van der Waals surface area contributed by atoms with Crippen LogP contribution < -0.4 is 10.1 Å². The second kappa shape index (κ2) is 8.83. The lowest BCUT2D eigenvalue weighted by Gasteiger charge is -2.12. The molecule has 2 heterocycles. The van der Waals surface area contributed by atoms with Crippen LogP contribution in [0.25, 0.3) is 10.6 Å². The van der Waals surface area contributed by atoms with E-state index in [1.807, 2.05) is 13.8 Å². The summed E-state index contributed by atoms with van der Waals surface area (Å²) in [6.07, 6.45) is -2.61. The van der Waals surface area contributed by atoms with Gasteiger partial charge in [-0.25, -0.2) is 4.98 Å². The average Bonchev–Trinajstić information content (AvgIpc) is 3.15. The topological polar surface area (TPSA) is 64.1 Å². The lowest BCUT2D eigenvalue weighted by molar-refractivity contribution is -0.137. The molecule has 0 saturated carbocycles. The van der Waals surface area contributed by atoms with E-state index in [-0.39, 0.29) is 18.9 Å². The average molecular weight is 435 g/mol. The predicted octanol–water partition coefficient (Wildman–Crippen LogP) is 4.71. The van der Waals surface area contributed by atoms with Crippen LogP contribution in [-0.4, -0.2) is 23.0 Å². The Kier molecular flexibility index (Phi) is 6.40. The first-order valence-corrected chi connectivity index (χ1v) is 9.94. The van der Waals surface area contributed by atoms with E-state index in [9.17, 15) is 18.0 Å². The predicted molar refractivity (Wildman–Crippen MR) is 108 cm³/mol. The number of hydrogen-bond donors (Lipinski definition) is 1. The molecule has 1 aromatic carbocycles. The fourth-order valence-electron chi connectivity index (χ4n) is 2.98. The number of aromatic nitrogens is 2. The minimum atomic E-state index is -4.38. The van der Waals surface area contributed by atoms with Gasteiger partial charge in [-0.05, 0) is 26.0 Å². The molecule has 1 amide bonds. The standard InChI is InChI=1S/C21H20F3N3O2S/c1-12-9-25-17(13(2)19(12)29-3)10-26-18(28)8-16-11-30-20(27-16)14-4-6-15(7-5-14)21(22,23)24/h4-7,9,11H,8,10H2,1-3H3,(H,26,28). The van der Waals surface area contributed by atoms with Gasteiger partial charge in [0.15, 0.2) is 0 Å². The molecule has 3 aromatic rings. The van der Waals surface area contributed by atoms with Crippen LogP contribution in [0.5, 0.6) is 5.75 Å². The molecule has 0 aliphatic rings. The third-order valence-electron chi connectivity index (χ3n) is 4.56. The molecule has 2 aromatic heterocycles. The SMILES string of the molecule is COc1c(C)cnc(CNC(=O)Cc2csc(-c3ccc(C(F)(F)F)cc3)n2)c1C. The number of carbonyl (C=O) groups excluding carboxylic acids is 1. The molecule has 30 heavy (non-hydrogen) atoms. The number of benzene rings is 1. The van der Waals surface area contributed by atoms with E-state index < -0.39 is 11.7 Å². The van der Waals surface area contributed by atoms with Gasteiger partial charge < -0.3 is 10.1 Å². The zero-order chi connectivity index (χ0) is 21.9. The molecule has 1 N–H and O–H groups in total. The number of ether oxygens (including phenoxy) is 1. The molecule has 3 rings (SSSR count). The van der Waals surface area contributed by atoms with Crippen molar-refractivity contribution < 1.29 is 22.7 Å². The number of halogens is 3. The summed E-state index contributed by atoms with van der Waals surface area (Å²) in [6.45, 7) is 4.05. The van der Waals surface area contributed by atoms with Crippen molar-refractivity contribution in [1.82, 2.24) is 15.3 Å². The highest BCUT2D eigenvalue weighted by molar-refractivity contribution is 7.13. The van der Waals surface area contributed by atoms with Gasteiger partial charge in [0, 0.05) is 28.3 Å². The zero-order valence-corrected chi connectivity index (χ0v) is 17.4. The summed E-state index contributed by atoms with van der Waals surface area (Å²) < 4.78 is 43.4. The van der Waals surface area contributed by atoms with Gasteiger partial charge in [-0.1, -0.05) is 12.1 Å². The van der Waals surface area contributed by atoms with Crippen LogP contribution in [-0.2, 0) is 23.9 Å². The van der Waals surface area contributed by atoms with Gasteiger partial charge in [0.1, 0.15) is 10.8 Å². The maximum atomic E-state index is 12.7. The largest absolute Gasteiger partial charge is 0.496 e. The van der Waals surface area contributed by atoms with E-state index in [4.69, 9.17) is 4.74 Å². The lowest BCUT2D eigenvalue weighted by atomic mass is 10.1. The highest BCUT2D eigenvalue weighted by Gasteiger charge is 2.30. The summed E-state index contributed by atoms with van der Waals surface area (Å²) in [5, 5.41) is 5.10.